The zero-order chi connectivity index (χ0) is 15.2. The highest BCUT2D eigenvalue weighted by Crippen LogP contribution is 2.21. The molecule has 1 fully saturated rings. The Morgan fingerprint density at radius 2 is 1.95 bits per heavy atom. The summed E-state index contributed by atoms with van der Waals surface area (Å²) in [7, 11) is 0. The Morgan fingerprint density at radius 1 is 1.24 bits per heavy atom. The summed E-state index contributed by atoms with van der Waals surface area (Å²) in [5.41, 5.74) is 1.44. The molecule has 1 saturated heterocycles. The summed E-state index contributed by atoms with van der Waals surface area (Å²) >= 11 is 1.96. The lowest BCUT2D eigenvalue weighted by Crippen LogP contribution is -2.61. The molecule has 3 atom stereocenters. The number of hydrogen-bond acceptors (Lipinski definition) is 3. The van der Waals surface area contributed by atoms with Crippen molar-refractivity contribution in [3.8, 4) is 0 Å². The molecule has 1 heterocycles. The van der Waals surface area contributed by atoms with Gasteiger partial charge in [-0.15, -0.1) is 0 Å². The average molecular weight is 307 g/mol. The minimum Gasteiger partial charge on any atom is -0.311 e. The quantitative estimate of drug-likeness (QED) is 0.868. The number of benzene rings is 1. The van der Waals surface area contributed by atoms with E-state index >= 15 is 0 Å². The summed E-state index contributed by atoms with van der Waals surface area (Å²) in [6.45, 7) is 9.37. The summed E-state index contributed by atoms with van der Waals surface area (Å²) in [6.07, 6.45) is 3.35. The number of hydrogen-bond donors (Lipinski definition) is 1. The van der Waals surface area contributed by atoms with Gasteiger partial charge in [0.1, 0.15) is 0 Å². The minimum atomic E-state index is 0.576. The van der Waals surface area contributed by atoms with Crippen LogP contribution in [0, 0.1) is 5.92 Å². The molecule has 1 N–H and O–H groups in total. The van der Waals surface area contributed by atoms with Crippen LogP contribution in [0.5, 0.6) is 0 Å². The van der Waals surface area contributed by atoms with Crippen LogP contribution in [0.2, 0.25) is 0 Å². The van der Waals surface area contributed by atoms with E-state index in [-0.39, 0.29) is 0 Å². The Hall–Kier alpha value is -0.510. The van der Waals surface area contributed by atoms with Crippen molar-refractivity contribution in [2.45, 2.75) is 45.3 Å². The Bertz CT molecular complexity index is 407. The van der Waals surface area contributed by atoms with Crippen LogP contribution >= 0.6 is 11.8 Å². The molecule has 1 aliphatic rings. The van der Waals surface area contributed by atoms with Crippen LogP contribution in [-0.4, -0.2) is 48.1 Å². The summed E-state index contributed by atoms with van der Waals surface area (Å²) in [6, 6.07) is 12.8. The number of nitrogens with one attached hydrogen (secondary N) is 1. The van der Waals surface area contributed by atoms with Crippen LogP contribution in [0.4, 0.5) is 0 Å². The Kier molecular flexibility index (Phi) is 6.59. The van der Waals surface area contributed by atoms with E-state index in [1.54, 1.807) is 0 Å². The van der Waals surface area contributed by atoms with E-state index in [2.05, 4.69) is 67.6 Å². The zero-order valence-electron chi connectivity index (χ0n) is 13.9. The number of thioether (sulfide) groups is 1. The first kappa shape index (κ1) is 16.9. The monoisotopic (exact) mass is 306 g/mol. The molecule has 0 radical (unpaired) electrons. The van der Waals surface area contributed by atoms with Crippen LogP contribution in [0.15, 0.2) is 30.3 Å². The molecule has 3 heteroatoms. The van der Waals surface area contributed by atoms with Gasteiger partial charge in [-0.25, -0.2) is 0 Å². The molecule has 1 aromatic carbocycles. The van der Waals surface area contributed by atoms with Crippen molar-refractivity contribution in [1.82, 2.24) is 10.2 Å². The predicted octanol–water partition coefficient (Wildman–Crippen LogP) is 3.28. The molecule has 118 valence electrons. The average Bonchev–Trinajstić information content (AvgIpc) is 2.48. The normalized spacial score (nSPS) is 25.2. The second-order valence-corrected chi connectivity index (χ2v) is 7.52. The fraction of sp³-hybridized carbons (Fsp3) is 0.667. The van der Waals surface area contributed by atoms with Crippen LogP contribution in [0.1, 0.15) is 26.3 Å². The third-order valence-corrected chi connectivity index (χ3v) is 5.36. The maximum atomic E-state index is 3.78. The summed E-state index contributed by atoms with van der Waals surface area (Å²) < 4.78 is 0. The van der Waals surface area contributed by atoms with Gasteiger partial charge in [-0.3, -0.25) is 4.90 Å². The second-order valence-electron chi connectivity index (χ2n) is 6.61. The predicted molar refractivity (Wildman–Crippen MR) is 95.1 cm³/mol. The van der Waals surface area contributed by atoms with Crippen LogP contribution in [0.25, 0.3) is 0 Å². The lowest BCUT2D eigenvalue weighted by molar-refractivity contribution is 0.0710. The van der Waals surface area contributed by atoms with Crippen LogP contribution < -0.4 is 5.32 Å². The maximum absolute atomic E-state index is 3.78. The molecule has 0 aromatic heterocycles. The summed E-state index contributed by atoms with van der Waals surface area (Å²) in [5.74, 6) is 1.93. The summed E-state index contributed by atoms with van der Waals surface area (Å²) in [5, 5.41) is 3.78. The number of rotatable bonds is 6. The van der Waals surface area contributed by atoms with Gasteiger partial charge in [-0.2, -0.15) is 11.8 Å². The maximum Gasteiger partial charge on any atom is 0.0247 e. The Labute approximate surface area is 134 Å². The highest BCUT2D eigenvalue weighted by Gasteiger charge is 2.32. The molecule has 1 aromatic rings. The van der Waals surface area contributed by atoms with Gasteiger partial charge in [0.05, 0.1) is 0 Å². The Morgan fingerprint density at radius 3 is 2.57 bits per heavy atom. The first-order valence-corrected chi connectivity index (χ1v) is 9.53. The number of nitrogens with zero attached hydrogens (tertiary/aromatic N) is 1. The van der Waals surface area contributed by atoms with E-state index in [1.807, 2.05) is 11.8 Å². The first-order chi connectivity index (χ1) is 10.1. The molecule has 2 nitrogen and oxygen atoms in total. The van der Waals surface area contributed by atoms with E-state index in [4.69, 9.17) is 0 Å². The third-order valence-electron chi connectivity index (χ3n) is 4.54. The van der Waals surface area contributed by atoms with Crippen molar-refractivity contribution in [3.05, 3.63) is 35.9 Å². The second kappa shape index (κ2) is 8.21. The molecular weight excluding hydrogens is 276 g/mol. The standard InChI is InChI=1S/C18H30N2S/c1-14(2)18-11-19-17(10-16-8-6-5-7-9-16)12-20(18)15(3)13-21-4/h5-9,14-15,17-19H,10-13H2,1-4H3. The zero-order valence-corrected chi connectivity index (χ0v) is 14.7. The van der Waals surface area contributed by atoms with Crippen molar-refractivity contribution in [3.63, 3.8) is 0 Å². The smallest absolute Gasteiger partial charge is 0.0247 e. The first-order valence-electron chi connectivity index (χ1n) is 8.13. The van der Waals surface area contributed by atoms with Crippen molar-refractivity contribution >= 4 is 11.8 Å². The molecule has 0 aliphatic carbocycles. The van der Waals surface area contributed by atoms with Gasteiger partial charge in [-0.05, 0) is 31.1 Å². The highest BCUT2D eigenvalue weighted by molar-refractivity contribution is 7.98. The fourth-order valence-electron chi connectivity index (χ4n) is 3.36. The van der Waals surface area contributed by atoms with Crippen molar-refractivity contribution < 1.29 is 0 Å². The molecule has 21 heavy (non-hydrogen) atoms. The van der Waals surface area contributed by atoms with E-state index in [9.17, 15) is 0 Å². The molecule has 0 bridgehead atoms. The van der Waals surface area contributed by atoms with Crippen molar-refractivity contribution in [2.24, 2.45) is 5.92 Å². The van der Waals surface area contributed by atoms with Crippen LogP contribution in [0.3, 0.4) is 0 Å². The Balaban J connectivity index is 2.01. The molecule has 0 saturated carbocycles. The van der Waals surface area contributed by atoms with Gasteiger partial charge in [0.15, 0.2) is 0 Å². The van der Waals surface area contributed by atoms with Gasteiger partial charge in [0.2, 0.25) is 0 Å². The fourth-order valence-corrected chi connectivity index (χ4v) is 4.03. The molecule has 1 aliphatic heterocycles. The van der Waals surface area contributed by atoms with Crippen LogP contribution in [-0.2, 0) is 6.42 Å². The summed E-state index contributed by atoms with van der Waals surface area (Å²) in [4.78, 5) is 2.74. The molecule has 0 spiro atoms. The number of piperazine rings is 1. The SMILES string of the molecule is CSCC(C)N1CC(Cc2ccccc2)NCC1C(C)C. The lowest BCUT2D eigenvalue weighted by Gasteiger charge is -2.45. The van der Waals surface area contributed by atoms with E-state index in [1.165, 1.54) is 17.9 Å². The van der Waals surface area contributed by atoms with E-state index in [0.29, 0.717) is 24.0 Å². The van der Waals surface area contributed by atoms with Gasteiger partial charge < -0.3 is 5.32 Å². The van der Waals surface area contributed by atoms with Gasteiger partial charge in [0, 0.05) is 37.0 Å². The van der Waals surface area contributed by atoms with Gasteiger partial charge in [-0.1, -0.05) is 44.2 Å². The van der Waals surface area contributed by atoms with E-state index in [0.717, 1.165) is 13.0 Å². The van der Waals surface area contributed by atoms with Crippen molar-refractivity contribution in [1.29, 1.82) is 0 Å². The van der Waals surface area contributed by atoms with Gasteiger partial charge in [0.25, 0.3) is 0 Å². The van der Waals surface area contributed by atoms with Gasteiger partial charge >= 0.3 is 0 Å². The topological polar surface area (TPSA) is 15.3 Å². The molecular formula is C18H30N2S. The minimum absolute atomic E-state index is 0.576. The molecule has 2 rings (SSSR count). The highest BCUT2D eigenvalue weighted by atomic mass is 32.2. The van der Waals surface area contributed by atoms with Crippen molar-refractivity contribution in [2.75, 3.05) is 25.1 Å². The lowest BCUT2D eigenvalue weighted by atomic mass is 9.94. The molecule has 0 amide bonds. The largest absolute Gasteiger partial charge is 0.311 e. The van der Waals surface area contributed by atoms with E-state index < -0.39 is 0 Å². The molecule has 3 unspecified atom stereocenters. The third kappa shape index (κ3) is 4.73.